The predicted octanol–water partition coefficient (Wildman–Crippen LogP) is 5.24. The number of fused-ring (bicyclic) bond motifs is 1. The van der Waals surface area contributed by atoms with E-state index in [2.05, 4.69) is 11.4 Å². The molecule has 104 valence electrons. The molecule has 1 N–H and O–H groups in total. The summed E-state index contributed by atoms with van der Waals surface area (Å²) < 4.78 is 5.67. The van der Waals surface area contributed by atoms with Crippen molar-refractivity contribution in [1.82, 2.24) is 0 Å². The highest BCUT2D eigenvalue weighted by Gasteiger charge is 2.21. The van der Waals surface area contributed by atoms with Crippen LogP contribution in [-0.4, -0.2) is 6.61 Å². The van der Waals surface area contributed by atoms with Crippen LogP contribution >= 0.6 is 23.2 Å². The van der Waals surface area contributed by atoms with Crippen molar-refractivity contribution in [2.75, 3.05) is 11.9 Å². The molecule has 1 aliphatic heterocycles. The van der Waals surface area contributed by atoms with E-state index < -0.39 is 0 Å². The quantitative estimate of drug-likeness (QED) is 0.819. The summed E-state index contributed by atoms with van der Waals surface area (Å²) in [5.41, 5.74) is 3.00. The summed E-state index contributed by atoms with van der Waals surface area (Å²) in [4.78, 5) is 0. The maximum absolute atomic E-state index is 6.30. The van der Waals surface area contributed by atoms with Crippen molar-refractivity contribution in [2.24, 2.45) is 0 Å². The largest absolute Gasteiger partial charge is 0.493 e. The summed E-state index contributed by atoms with van der Waals surface area (Å²) in [5, 5.41) is 4.89. The van der Waals surface area contributed by atoms with Crippen LogP contribution in [0.1, 0.15) is 23.6 Å². The van der Waals surface area contributed by atoms with Crippen LogP contribution in [0.5, 0.6) is 5.75 Å². The molecule has 0 saturated carbocycles. The number of anilines is 1. The van der Waals surface area contributed by atoms with Gasteiger partial charge in [-0.15, -0.1) is 0 Å². The minimum atomic E-state index is 0.191. The third-order valence-electron chi connectivity index (χ3n) is 3.54. The van der Waals surface area contributed by atoms with Gasteiger partial charge in [0.15, 0.2) is 0 Å². The van der Waals surface area contributed by atoms with Gasteiger partial charge in [0.25, 0.3) is 0 Å². The van der Waals surface area contributed by atoms with Gasteiger partial charge < -0.3 is 10.1 Å². The first kappa shape index (κ1) is 13.6. The average Bonchev–Trinajstić information content (AvgIpc) is 2.45. The van der Waals surface area contributed by atoms with Gasteiger partial charge in [0, 0.05) is 17.0 Å². The average molecular weight is 308 g/mol. The lowest BCUT2D eigenvalue weighted by Crippen LogP contribution is -2.20. The molecule has 20 heavy (non-hydrogen) atoms. The molecule has 0 radical (unpaired) electrons. The molecule has 1 atom stereocenters. The number of nitrogens with one attached hydrogen (secondary N) is 1. The van der Waals surface area contributed by atoms with E-state index in [1.807, 2.05) is 37.3 Å². The van der Waals surface area contributed by atoms with Crippen molar-refractivity contribution in [3.8, 4) is 5.75 Å². The van der Waals surface area contributed by atoms with Gasteiger partial charge in [0.05, 0.1) is 23.4 Å². The molecule has 1 aliphatic rings. The van der Waals surface area contributed by atoms with Crippen molar-refractivity contribution < 1.29 is 4.74 Å². The van der Waals surface area contributed by atoms with Crippen LogP contribution in [0, 0.1) is 6.92 Å². The maximum Gasteiger partial charge on any atom is 0.124 e. The number of benzene rings is 2. The van der Waals surface area contributed by atoms with Gasteiger partial charge in [0.1, 0.15) is 5.75 Å². The van der Waals surface area contributed by atoms with E-state index in [9.17, 15) is 0 Å². The predicted molar refractivity (Wildman–Crippen MR) is 84.1 cm³/mol. The Morgan fingerprint density at radius 1 is 1.15 bits per heavy atom. The van der Waals surface area contributed by atoms with Crippen LogP contribution < -0.4 is 10.1 Å². The number of halogens is 2. The van der Waals surface area contributed by atoms with Gasteiger partial charge >= 0.3 is 0 Å². The number of hydrogen-bond acceptors (Lipinski definition) is 2. The molecule has 1 unspecified atom stereocenters. The first-order chi connectivity index (χ1) is 9.65. The molecule has 0 fully saturated rings. The van der Waals surface area contributed by atoms with Crippen LogP contribution in [0.4, 0.5) is 5.69 Å². The molecule has 0 bridgehead atoms. The highest BCUT2D eigenvalue weighted by atomic mass is 35.5. The van der Waals surface area contributed by atoms with Gasteiger partial charge in [-0.1, -0.05) is 41.4 Å². The zero-order chi connectivity index (χ0) is 14.1. The highest BCUT2D eigenvalue weighted by molar-refractivity contribution is 6.35. The van der Waals surface area contributed by atoms with Gasteiger partial charge in [-0.05, 0) is 30.7 Å². The molecule has 0 amide bonds. The zero-order valence-electron chi connectivity index (χ0n) is 11.1. The van der Waals surface area contributed by atoms with Crippen LogP contribution in [-0.2, 0) is 0 Å². The van der Waals surface area contributed by atoms with E-state index in [1.165, 1.54) is 0 Å². The second-order valence-electron chi connectivity index (χ2n) is 4.95. The zero-order valence-corrected chi connectivity index (χ0v) is 12.6. The molecule has 0 aromatic heterocycles. The monoisotopic (exact) mass is 307 g/mol. The number of rotatable bonds is 2. The van der Waals surface area contributed by atoms with E-state index in [0.29, 0.717) is 11.6 Å². The topological polar surface area (TPSA) is 21.3 Å². The molecule has 0 spiro atoms. The Morgan fingerprint density at radius 2 is 1.95 bits per heavy atom. The highest BCUT2D eigenvalue weighted by Crippen LogP contribution is 2.37. The minimum absolute atomic E-state index is 0.191. The third kappa shape index (κ3) is 2.58. The second-order valence-corrected chi connectivity index (χ2v) is 5.77. The normalized spacial score (nSPS) is 17.2. The van der Waals surface area contributed by atoms with Crippen molar-refractivity contribution in [3.63, 3.8) is 0 Å². The number of hydrogen-bond donors (Lipinski definition) is 1. The summed E-state index contributed by atoms with van der Waals surface area (Å²) in [6.45, 7) is 2.65. The summed E-state index contributed by atoms with van der Waals surface area (Å²) in [7, 11) is 0. The molecule has 1 heterocycles. The maximum atomic E-state index is 6.30. The van der Waals surface area contributed by atoms with Crippen LogP contribution in [0.2, 0.25) is 10.0 Å². The molecule has 0 saturated heterocycles. The van der Waals surface area contributed by atoms with Gasteiger partial charge in [-0.2, -0.15) is 0 Å². The fraction of sp³-hybridized carbons (Fsp3) is 0.250. The van der Waals surface area contributed by atoms with Crippen molar-refractivity contribution >= 4 is 28.9 Å². The second kappa shape index (κ2) is 5.55. The lowest BCUT2D eigenvalue weighted by Gasteiger charge is -2.28. The Kier molecular flexibility index (Phi) is 3.77. The van der Waals surface area contributed by atoms with E-state index in [4.69, 9.17) is 27.9 Å². The standard InChI is InChI=1S/C16H15Cl2NO/c1-10-8-13(18)15(9-12(10)17)19-14-6-7-20-16-5-3-2-4-11(14)16/h2-5,8-9,14,19H,6-7H2,1H3. The van der Waals surface area contributed by atoms with Crippen molar-refractivity contribution in [3.05, 3.63) is 57.6 Å². The molecular formula is C16H15Cl2NO. The van der Waals surface area contributed by atoms with Crippen molar-refractivity contribution in [2.45, 2.75) is 19.4 Å². The Morgan fingerprint density at radius 3 is 2.80 bits per heavy atom. The Labute approximate surface area is 128 Å². The van der Waals surface area contributed by atoms with Crippen LogP contribution in [0.15, 0.2) is 36.4 Å². The molecule has 0 aliphatic carbocycles. The lowest BCUT2D eigenvalue weighted by molar-refractivity contribution is 0.274. The smallest absolute Gasteiger partial charge is 0.124 e. The summed E-state index contributed by atoms with van der Waals surface area (Å²) in [6.07, 6.45) is 0.902. The van der Waals surface area contributed by atoms with Gasteiger partial charge in [0.2, 0.25) is 0 Å². The molecular weight excluding hydrogens is 293 g/mol. The van der Waals surface area contributed by atoms with Crippen LogP contribution in [0.25, 0.3) is 0 Å². The SMILES string of the molecule is Cc1cc(Cl)c(NC2CCOc3ccccc32)cc1Cl. The fourth-order valence-electron chi connectivity index (χ4n) is 2.44. The van der Waals surface area contributed by atoms with Crippen molar-refractivity contribution in [1.29, 1.82) is 0 Å². The fourth-order valence-corrected chi connectivity index (χ4v) is 2.87. The minimum Gasteiger partial charge on any atom is -0.493 e. The van der Waals surface area contributed by atoms with E-state index in [-0.39, 0.29) is 6.04 Å². The number of ether oxygens (including phenoxy) is 1. The lowest BCUT2D eigenvalue weighted by atomic mass is 10.00. The Bertz CT molecular complexity index is 642. The van der Waals surface area contributed by atoms with E-state index in [1.54, 1.807) is 0 Å². The summed E-state index contributed by atoms with van der Waals surface area (Å²) in [6, 6.07) is 12.0. The van der Waals surface area contributed by atoms with E-state index in [0.717, 1.165) is 34.0 Å². The Balaban J connectivity index is 1.91. The molecule has 2 aromatic rings. The first-order valence-electron chi connectivity index (χ1n) is 6.59. The Hall–Kier alpha value is -1.38. The number of para-hydroxylation sites is 1. The summed E-state index contributed by atoms with van der Waals surface area (Å²) in [5.74, 6) is 0.936. The first-order valence-corrected chi connectivity index (χ1v) is 7.34. The summed E-state index contributed by atoms with van der Waals surface area (Å²) >= 11 is 12.5. The number of aryl methyl sites for hydroxylation is 1. The molecule has 3 rings (SSSR count). The van der Waals surface area contributed by atoms with E-state index >= 15 is 0 Å². The molecule has 4 heteroatoms. The van der Waals surface area contributed by atoms with Gasteiger partial charge in [-0.25, -0.2) is 0 Å². The van der Waals surface area contributed by atoms with Gasteiger partial charge in [-0.3, -0.25) is 0 Å². The molecule has 2 aromatic carbocycles. The molecule has 2 nitrogen and oxygen atoms in total. The van der Waals surface area contributed by atoms with Crippen LogP contribution in [0.3, 0.4) is 0 Å². The third-order valence-corrected chi connectivity index (χ3v) is 4.26.